The fourth-order valence-corrected chi connectivity index (χ4v) is 4.07. The maximum atomic E-state index is 12.2. The normalized spacial score (nSPS) is 14.1. The van der Waals surface area contributed by atoms with E-state index in [0.717, 1.165) is 44.2 Å². The largest absolute Gasteiger partial charge is 0.388 e. The molecule has 1 aliphatic rings. The highest BCUT2D eigenvalue weighted by Gasteiger charge is 2.33. The molecule has 8 nitrogen and oxygen atoms in total. The van der Waals surface area contributed by atoms with Crippen LogP contribution in [0.1, 0.15) is 139 Å². The first kappa shape index (κ1) is 54.5. The van der Waals surface area contributed by atoms with Crippen LogP contribution in [0.25, 0.3) is 0 Å². The number of hydrogen-bond acceptors (Lipinski definition) is 6. The Hall–Kier alpha value is -2.00. The second kappa shape index (κ2) is 47.9. The Kier molecular flexibility index (Phi) is 59.3. The smallest absolute Gasteiger partial charge is 0.222 e. The minimum absolute atomic E-state index is 0.215. The van der Waals surface area contributed by atoms with E-state index in [-0.39, 0.29) is 12.1 Å². The van der Waals surface area contributed by atoms with Crippen LogP contribution in [-0.4, -0.2) is 75.4 Å². The number of hydrogen-bond donors (Lipinski definition) is 3. The van der Waals surface area contributed by atoms with Gasteiger partial charge in [-0.3, -0.25) is 9.59 Å². The molecule has 2 amide bonds. The molecule has 1 aromatic carbocycles. The van der Waals surface area contributed by atoms with Gasteiger partial charge in [0.15, 0.2) is 0 Å². The van der Waals surface area contributed by atoms with Crippen molar-refractivity contribution < 1.29 is 24.2 Å². The lowest BCUT2D eigenvalue weighted by Crippen LogP contribution is -2.43. The van der Waals surface area contributed by atoms with E-state index in [4.69, 9.17) is 4.74 Å². The Balaban J connectivity index is -0.000000122. The maximum absolute atomic E-state index is 12.2. The number of benzene rings is 1. The summed E-state index contributed by atoms with van der Waals surface area (Å²) < 4.78 is 9.76. The zero-order chi connectivity index (χ0) is 35.8. The van der Waals surface area contributed by atoms with Gasteiger partial charge in [0.25, 0.3) is 0 Å². The highest BCUT2D eigenvalue weighted by molar-refractivity contribution is 5.76. The first-order valence-corrected chi connectivity index (χ1v) is 17.1. The summed E-state index contributed by atoms with van der Waals surface area (Å²) in [5.74, 6) is 0.337. The van der Waals surface area contributed by atoms with E-state index in [0.29, 0.717) is 18.4 Å². The number of carbonyl (C=O) groups is 2. The molecule has 44 heavy (non-hydrogen) atoms. The molecule has 266 valence electrons. The predicted molar refractivity (Wildman–Crippen MR) is 193 cm³/mol. The number of carbonyl (C=O) groups excluding carboxylic acids is 2. The lowest BCUT2D eigenvalue weighted by molar-refractivity contribution is -0.134. The Bertz CT molecular complexity index is 631. The van der Waals surface area contributed by atoms with Crippen LogP contribution >= 0.6 is 0 Å². The second-order valence-electron chi connectivity index (χ2n) is 8.63. The summed E-state index contributed by atoms with van der Waals surface area (Å²) in [6.45, 7) is 23.0. The average Bonchev–Trinajstić information content (AvgIpc) is 3.59. The number of unbranched alkanes of at least 4 members (excludes halogenated alkanes) is 3. The van der Waals surface area contributed by atoms with Crippen molar-refractivity contribution in [2.24, 2.45) is 5.73 Å². The quantitative estimate of drug-likeness (QED) is 0.158. The van der Waals surface area contributed by atoms with Gasteiger partial charge >= 0.3 is 0 Å². The minimum Gasteiger partial charge on any atom is -0.388 e. The van der Waals surface area contributed by atoms with Crippen molar-refractivity contribution in [2.75, 3.05) is 34.9 Å². The molecule has 0 unspecified atom stereocenters. The van der Waals surface area contributed by atoms with Crippen LogP contribution in [0, 0.1) is 0 Å². The fourth-order valence-electron chi connectivity index (χ4n) is 4.07. The molecule has 4 N–H and O–H groups in total. The van der Waals surface area contributed by atoms with Gasteiger partial charge in [0.2, 0.25) is 12.3 Å². The number of aliphatic hydroxyl groups is 1. The van der Waals surface area contributed by atoms with Gasteiger partial charge in [-0.2, -0.15) is 0 Å². The van der Waals surface area contributed by atoms with E-state index in [1.165, 1.54) is 26.3 Å². The van der Waals surface area contributed by atoms with Crippen LogP contribution in [0.5, 0.6) is 0 Å². The molecule has 1 aromatic rings. The SMILES string of the molecule is CC.CC.CC.CC.CCCCCCC(=O)N1CCC[C@H]1[C@@H](CC)OC.CN.COC.C[C@@H](NC=O)[C@@H](O)c1ccccc1. The Morgan fingerprint density at radius 1 is 0.977 bits per heavy atom. The summed E-state index contributed by atoms with van der Waals surface area (Å²) in [6, 6.07) is 9.30. The van der Waals surface area contributed by atoms with Gasteiger partial charge in [-0.1, -0.05) is 119 Å². The third-order valence-electron chi connectivity index (χ3n) is 5.94. The van der Waals surface area contributed by atoms with Crippen LogP contribution in [-0.2, 0) is 19.1 Å². The summed E-state index contributed by atoms with van der Waals surface area (Å²) in [7, 11) is 6.51. The molecule has 0 aromatic heterocycles. The molecule has 1 fully saturated rings. The summed E-state index contributed by atoms with van der Waals surface area (Å²) in [6.07, 6.45) is 8.79. The summed E-state index contributed by atoms with van der Waals surface area (Å²) in [4.78, 5) is 24.4. The third kappa shape index (κ3) is 30.0. The van der Waals surface area contributed by atoms with Crippen molar-refractivity contribution in [3.8, 4) is 0 Å². The lowest BCUT2D eigenvalue weighted by Gasteiger charge is -2.30. The zero-order valence-electron chi connectivity index (χ0n) is 31.7. The Morgan fingerprint density at radius 2 is 1.48 bits per heavy atom. The van der Waals surface area contributed by atoms with Crippen molar-refractivity contribution in [3.63, 3.8) is 0 Å². The molecule has 1 heterocycles. The average molecular weight is 632 g/mol. The molecule has 4 atom stereocenters. The number of ether oxygens (including phenoxy) is 2. The van der Waals surface area contributed by atoms with Crippen molar-refractivity contribution in [2.45, 2.75) is 152 Å². The van der Waals surface area contributed by atoms with Crippen LogP contribution in [0.4, 0.5) is 0 Å². The number of nitrogens with two attached hydrogens (primary N) is 1. The van der Waals surface area contributed by atoms with Crippen LogP contribution in [0.15, 0.2) is 30.3 Å². The number of rotatable bonds is 12. The van der Waals surface area contributed by atoms with E-state index in [2.05, 4.69) is 34.5 Å². The maximum Gasteiger partial charge on any atom is 0.222 e. The van der Waals surface area contributed by atoms with E-state index in [9.17, 15) is 14.7 Å². The van der Waals surface area contributed by atoms with Gasteiger partial charge < -0.3 is 30.5 Å². The van der Waals surface area contributed by atoms with Gasteiger partial charge in [0.05, 0.1) is 24.3 Å². The van der Waals surface area contributed by atoms with Gasteiger partial charge in [0.1, 0.15) is 0 Å². The standard InChI is InChI=1S/C15H29NO2.C10H13NO2.C2H6O.4C2H6.CH5N/c1-4-6-7-8-11-15(17)16-12-9-10-13(16)14(5-2)18-3;1-8(11-7-12)10(13)9-5-3-2-4-6-9;1-3-2;5*1-2/h13-14H,4-12H2,1-3H3;2-8,10,13H,1H3,(H,11,12);1-2H3;4*1-2H3;2H2,1H3/t13-,14+;8-,10-;;;;;;/m01....../s1. The summed E-state index contributed by atoms with van der Waals surface area (Å²) >= 11 is 0. The first-order valence-electron chi connectivity index (χ1n) is 17.1. The number of nitrogens with zero attached hydrogens (tertiary/aromatic N) is 1. The summed E-state index contributed by atoms with van der Waals surface area (Å²) in [5, 5.41) is 12.2. The van der Waals surface area contributed by atoms with Crippen LogP contribution in [0.3, 0.4) is 0 Å². The molecule has 0 aliphatic carbocycles. The highest BCUT2D eigenvalue weighted by Crippen LogP contribution is 2.24. The van der Waals surface area contributed by atoms with Gasteiger partial charge in [-0.15, -0.1) is 0 Å². The van der Waals surface area contributed by atoms with Gasteiger partial charge in [-0.05, 0) is 45.2 Å². The lowest BCUT2D eigenvalue weighted by atomic mass is 10.0. The van der Waals surface area contributed by atoms with E-state index in [1.54, 1.807) is 28.3 Å². The number of methoxy groups -OCH3 is 2. The van der Waals surface area contributed by atoms with E-state index in [1.807, 2.05) is 85.7 Å². The number of likely N-dealkylation sites (tertiary alicyclic amines) is 1. The molecule has 0 radical (unpaired) electrons. The van der Waals surface area contributed by atoms with Crippen molar-refractivity contribution in [1.82, 2.24) is 10.2 Å². The van der Waals surface area contributed by atoms with E-state index >= 15 is 0 Å². The van der Waals surface area contributed by atoms with Gasteiger partial charge in [-0.25, -0.2) is 0 Å². The van der Waals surface area contributed by atoms with Crippen molar-refractivity contribution in [3.05, 3.63) is 35.9 Å². The van der Waals surface area contributed by atoms with Crippen LogP contribution < -0.4 is 11.1 Å². The summed E-state index contributed by atoms with van der Waals surface area (Å²) in [5.41, 5.74) is 5.31. The molecule has 1 saturated heterocycles. The monoisotopic (exact) mass is 632 g/mol. The number of amides is 2. The van der Waals surface area contributed by atoms with Gasteiger partial charge in [0, 0.05) is 34.3 Å². The number of nitrogens with one attached hydrogen (secondary N) is 1. The molecule has 2 rings (SSSR count). The topological polar surface area (TPSA) is 114 Å². The minimum atomic E-state index is -0.647. The Labute approximate surface area is 274 Å². The molecular weight excluding hydrogens is 554 g/mol. The zero-order valence-corrected chi connectivity index (χ0v) is 31.7. The molecular formula is C36H77N3O5. The molecule has 1 aliphatic heterocycles. The van der Waals surface area contributed by atoms with Crippen molar-refractivity contribution >= 4 is 12.3 Å². The number of aliphatic hydroxyl groups excluding tert-OH is 1. The van der Waals surface area contributed by atoms with E-state index < -0.39 is 6.10 Å². The fraction of sp³-hybridized carbons (Fsp3) is 0.778. The molecule has 0 saturated carbocycles. The predicted octanol–water partition coefficient (Wildman–Crippen LogP) is 8.17. The third-order valence-corrected chi connectivity index (χ3v) is 5.94. The molecule has 8 heteroatoms. The first-order chi connectivity index (χ1) is 21.4. The second-order valence-corrected chi connectivity index (χ2v) is 8.63. The highest BCUT2D eigenvalue weighted by atomic mass is 16.5. The Morgan fingerprint density at radius 3 is 1.89 bits per heavy atom. The molecule has 0 bridgehead atoms. The molecule has 0 spiro atoms. The van der Waals surface area contributed by atoms with Crippen LogP contribution in [0.2, 0.25) is 0 Å². The van der Waals surface area contributed by atoms with Crippen molar-refractivity contribution in [1.29, 1.82) is 0 Å².